The first kappa shape index (κ1) is 17.7. The van der Waals surface area contributed by atoms with Gasteiger partial charge in [0.25, 0.3) is 0 Å². The molecule has 0 amide bonds. The van der Waals surface area contributed by atoms with Gasteiger partial charge in [0.1, 0.15) is 5.92 Å². The highest BCUT2D eigenvalue weighted by Gasteiger charge is 2.23. The summed E-state index contributed by atoms with van der Waals surface area (Å²) in [5.41, 5.74) is 3.62. The number of fused-ring (bicyclic) bond motifs is 1. The van der Waals surface area contributed by atoms with Crippen LogP contribution >= 0.6 is 0 Å². The third-order valence-electron chi connectivity index (χ3n) is 4.70. The zero-order chi connectivity index (χ0) is 18.8. The van der Waals surface area contributed by atoms with E-state index >= 15 is 0 Å². The SMILES string of the molecule is CCn1c(=O)n(CC)c2cc(C(C#N)C(=O)c3cccc(C)c3)ccc21. The van der Waals surface area contributed by atoms with Crippen molar-refractivity contribution in [2.75, 3.05) is 0 Å². The second kappa shape index (κ2) is 7.01. The lowest BCUT2D eigenvalue weighted by molar-refractivity contribution is 0.0979. The van der Waals surface area contributed by atoms with Crippen LogP contribution in [0.5, 0.6) is 0 Å². The fourth-order valence-electron chi connectivity index (χ4n) is 3.38. The van der Waals surface area contributed by atoms with E-state index in [0.717, 1.165) is 16.6 Å². The quantitative estimate of drug-likeness (QED) is 0.662. The lowest BCUT2D eigenvalue weighted by Crippen LogP contribution is -2.23. The third-order valence-corrected chi connectivity index (χ3v) is 4.70. The first-order chi connectivity index (χ1) is 12.5. The predicted molar refractivity (Wildman–Crippen MR) is 101 cm³/mol. The monoisotopic (exact) mass is 347 g/mol. The van der Waals surface area contributed by atoms with Crippen LogP contribution in [0.25, 0.3) is 11.0 Å². The van der Waals surface area contributed by atoms with Crippen LogP contribution < -0.4 is 5.69 Å². The van der Waals surface area contributed by atoms with Crippen molar-refractivity contribution in [1.82, 2.24) is 9.13 Å². The molecule has 3 rings (SSSR count). The minimum Gasteiger partial charge on any atom is -0.292 e. The number of rotatable bonds is 5. The second-order valence-electron chi connectivity index (χ2n) is 6.32. The topological polar surface area (TPSA) is 67.8 Å². The summed E-state index contributed by atoms with van der Waals surface area (Å²) in [4.78, 5) is 25.3. The fourth-order valence-corrected chi connectivity index (χ4v) is 3.38. The number of benzene rings is 2. The van der Waals surface area contributed by atoms with Gasteiger partial charge in [-0.15, -0.1) is 0 Å². The second-order valence-corrected chi connectivity index (χ2v) is 6.32. The molecule has 5 heteroatoms. The van der Waals surface area contributed by atoms with Crippen LogP contribution in [0.3, 0.4) is 0 Å². The zero-order valence-electron chi connectivity index (χ0n) is 15.2. The highest BCUT2D eigenvalue weighted by molar-refractivity contribution is 6.03. The van der Waals surface area contributed by atoms with Gasteiger partial charge in [-0.25, -0.2) is 4.79 Å². The van der Waals surface area contributed by atoms with Crippen LogP contribution in [0.2, 0.25) is 0 Å². The summed E-state index contributed by atoms with van der Waals surface area (Å²) in [5.74, 6) is -1.12. The van der Waals surface area contributed by atoms with Gasteiger partial charge in [-0.1, -0.05) is 29.8 Å². The van der Waals surface area contributed by atoms with Gasteiger partial charge in [-0.05, 0) is 44.5 Å². The van der Waals surface area contributed by atoms with Crippen LogP contribution in [0.15, 0.2) is 47.3 Å². The molecule has 0 radical (unpaired) electrons. The number of hydrogen-bond donors (Lipinski definition) is 0. The van der Waals surface area contributed by atoms with Gasteiger partial charge in [0.15, 0.2) is 5.78 Å². The summed E-state index contributed by atoms with van der Waals surface area (Å²) < 4.78 is 3.38. The maximum Gasteiger partial charge on any atom is 0.329 e. The van der Waals surface area contributed by atoms with E-state index in [-0.39, 0.29) is 11.5 Å². The summed E-state index contributed by atoms with van der Waals surface area (Å²) >= 11 is 0. The summed E-state index contributed by atoms with van der Waals surface area (Å²) in [6, 6.07) is 14.8. The normalized spacial score (nSPS) is 12.1. The Bertz CT molecular complexity index is 1080. The van der Waals surface area contributed by atoms with E-state index in [1.165, 1.54) is 0 Å². The molecular formula is C21H21N3O2. The molecular weight excluding hydrogens is 326 g/mol. The highest BCUT2D eigenvalue weighted by atomic mass is 16.1. The Morgan fingerprint density at radius 3 is 2.38 bits per heavy atom. The maximum atomic E-state index is 12.9. The fraction of sp³-hybridized carbons (Fsp3) is 0.286. The molecule has 1 atom stereocenters. The molecule has 0 saturated heterocycles. The van der Waals surface area contributed by atoms with Crippen molar-refractivity contribution >= 4 is 16.8 Å². The van der Waals surface area contributed by atoms with Gasteiger partial charge < -0.3 is 0 Å². The molecule has 3 aromatic rings. The number of Topliss-reactive ketones (excluding diaryl/α,β-unsaturated/α-hetero) is 1. The largest absolute Gasteiger partial charge is 0.329 e. The van der Waals surface area contributed by atoms with Gasteiger partial charge in [0.05, 0.1) is 17.1 Å². The lowest BCUT2D eigenvalue weighted by Gasteiger charge is -2.10. The van der Waals surface area contributed by atoms with Gasteiger partial charge in [0.2, 0.25) is 0 Å². The Morgan fingerprint density at radius 1 is 1.08 bits per heavy atom. The predicted octanol–water partition coefficient (Wildman–Crippen LogP) is 3.64. The first-order valence-electron chi connectivity index (χ1n) is 8.75. The number of imidazole rings is 1. The molecule has 2 aromatic carbocycles. The number of aryl methyl sites for hydroxylation is 3. The third kappa shape index (κ3) is 2.84. The standard InChI is InChI=1S/C21H21N3O2/c1-4-23-18-10-9-15(12-19(18)24(5-2)21(23)26)17(13-22)20(25)16-8-6-7-14(3)11-16/h6-12,17H,4-5H2,1-3H3. The number of hydrogen-bond acceptors (Lipinski definition) is 3. The van der Waals surface area contributed by atoms with E-state index in [2.05, 4.69) is 6.07 Å². The smallest absolute Gasteiger partial charge is 0.292 e. The molecule has 132 valence electrons. The molecule has 1 heterocycles. The van der Waals surface area contributed by atoms with E-state index in [0.29, 0.717) is 24.2 Å². The van der Waals surface area contributed by atoms with Crippen molar-refractivity contribution in [3.63, 3.8) is 0 Å². The molecule has 0 aliphatic rings. The Hall–Kier alpha value is -3.13. The maximum absolute atomic E-state index is 12.9. The molecule has 0 spiro atoms. The molecule has 26 heavy (non-hydrogen) atoms. The Kier molecular flexibility index (Phi) is 4.77. The molecule has 1 unspecified atom stereocenters. The van der Waals surface area contributed by atoms with Gasteiger partial charge in [-0.2, -0.15) is 5.26 Å². The van der Waals surface area contributed by atoms with Crippen LogP contribution in [0.4, 0.5) is 0 Å². The Morgan fingerprint density at radius 2 is 1.77 bits per heavy atom. The van der Waals surface area contributed by atoms with Gasteiger partial charge in [-0.3, -0.25) is 13.9 Å². The number of carbonyl (C=O) groups excluding carboxylic acids is 1. The van der Waals surface area contributed by atoms with Gasteiger partial charge >= 0.3 is 5.69 Å². The highest BCUT2D eigenvalue weighted by Crippen LogP contribution is 2.25. The van der Waals surface area contributed by atoms with Crippen LogP contribution in [-0.2, 0) is 13.1 Å². The number of carbonyl (C=O) groups is 1. The number of nitrogens with zero attached hydrogens (tertiary/aromatic N) is 3. The van der Waals surface area contributed by atoms with Crippen LogP contribution in [0, 0.1) is 18.3 Å². The summed E-state index contributed by atoms with van der Waals surface area (Å²) in [6.07, 6.45) is 0. The zero-order valence-corrected chi connectivity index (χ0v) is 15.2. The van der Waals surface area contributed by atoms with Gasteiger partial charge in [0, 0.05) is 18.7 Å². The van der Waals surface area contributed by atoms with E-state index in [9.17, 15) is 14.9 Å². The molecule has 0 aliphatic heterocycles. The van der Waals surface area contributed by atoms with Crippen molar-refractivity contribution in [3.8, 4) is 6.07 Å². The van der Waals surface area contributed by atoms with Crippen molar-refractivity contribution in [2.45, 2.75) is 39.8 Å². The summed E-state index contributed by atoms with van der Waals surface area (Å²) in [6.45, 7) is 6.86. The summed E-state index contributed by atoms with van der Waals surface area (Å²) in [5, 5.41) is 9.64. The number of ketones is 1. The van der Waals surface area contributed by atoms with Crippen molar-refractivity contribution in [2.24, 2.45) is 0 Å². The lowest BCUT2D eigenvalue weighted by atomic mass is 9.91. The Labute approximate surface area is 152 Å². The molecule has 0 aliphatic carbocycles. The minimum absolute atomic E-state index is 0.0688. The van der Waals surface area contributed by atoms with E-state index in [1.807, 2.05) is 39.0 Å². The van der Waals surface area contributed by atoms with Crippen LogP contribution in [0.1, 0.15) is 41.3 Å². The van der Waals surface area contributed by atoms with E-state index < -0.39 is 5.92 Å². The van der Waals surface area contributed by atoms with Crippen LogP contribution in [-0.4, -0.2) is 14.9 Å². The molecule has 0 N–H and O–H groups in total. The average molecular weight is 347 g/mol. The summed E-state index contributed by atoms with van der Waals surface area (Å²) in [7, 11) is 0. The number of aromatic nitrogens is 2. The van der Waals surface area contributed by atoms with Crippen molar-refractivity contribution in [3.05, 3.63) is 69.6 Å². The molecule has 0 saturated carbocycles. The molecule has 5 nitrogen and oxygen atoms in total. The number of nitriles is 1. The van der Waals surface area contributed by atoms with Crippen molar-refractivity contribution < 1.29 is 4.79 Å². The average Bonchev–Trinajstić information content (AvgIpc) is 2.92. The molecule has 1 aromatic heterocycles. The van der Waals surface area contributed by atoms with E-state index in [4.69, 9.17) is 0 Å². The Balaban J connectivity index is 2.13. The first-order valence-corrected chi connectivity index (χ1v) is 8.75. The van der Waals surface area contributed by atoms with Crippen molar-refractivity contribution in [1.29, 1.82) is 5.26 Å². The van der Waals surface area contributed by atoms with E-state index in [1.54, 1.807) is 33.4 Å². The molecule has 0 fully saturated rings. The molecule has 0 bridgehead atoms. The minimum atomic E-state index is -0.897.